The molecule has 0 radical (unpaired) electrons. The van der Waals surface area contributed by atoms with Gasteiger partial charge in [-0.3, -0.25) is 4.79 Å². The highest BCUT2D eigenvalue weighted by Gasteiger charge is 2.53. The van der Waals surface area contributed by atoms with E-state index in [1.807, 2.05) is 30.3 Å². The molecule has 40 heavy (non-hydrogen) atoms. The normalized spacial score (nSPS) is 19.6. The van der Waals surface area contributed by atoms with E-state index in [9.17, 15) is 10.3 Å². The van der Waals surface area contributed by atoms with Gasteiger partial charge in [-0.25, -0.2) is 4.99 Å². The summed E-state index contributed by atoms with van der Waals surface area (Å²) in [7, 11) is 0. The number of aliphatic hydroxyl groups is 1. The lowest BCUT2D eigenvalue weighted by atomic mass is 9.83. The van der Waals surface area contributed by atoms with Gasteiger partial charge in [0.2, 0.25) is 5.90 Å². The van der Waals surface area contributed by atoms with Crippen LogP contribution in [-0.4, -0.2) is 41.7 Å². The Morgan fingerprint density at radius 2 is 1.85 bits per heavy atom. The van der Waals surface area contributed by atoms with Crippen molar-refractivity contribution >= 4 is 17.5 Å². The van der Waals surface area contributed by atoms with Gasteiger partial charge in [-0.15, -0.1) is 6.58 Å². The molecule has 0 spiro atoms. The second-order valence-electron chi connectivity index (χ2n) is 9.88. The predicted molar refractivity (Wildman–Crippen MR) is 153 cm³/mol. The Bertz CT molecular complexity index is 1440. The molecule has 1 aliphatic carbocycles. The van der Waals surface area contributed by atoms with E-state index < -0.39 is 11.6 Å². The number of hydrogen-bond acceptors (Lipinski definition) is 6. The molecule has 3 aromatic carbocycles. The number of amides is 1. The quantitative estimate of drug-likeness (QED) is 0.110. The van der Waals surface area contributed by atoms with E-state index >= 15 is 0 Å². The molecule has 0 saturated carbocycles. The van der Waals surface area contributed by atoms with Crippen LogP contribution in [0.25, 0.3) is 10.4 Å². The molecule has 0 saturated heterocycles. The maximum absolute atomic E-state index is 14.2. The first kappa shape index (κ1) is 27.0. The number of azide groups is 1. The summed E-state index contributed by atoms with van der Waals surface area (Å²) in [5, 5.41) is 16.1. The first-order valence-corrected chi connectivity index (χ1v) is 13.3. The zero-order valence-electron chi connectivity index (χ0n) is 22.1. The highest BCUT2D eigenvalue weighted by Crippen LogP contribution is 2.45. The average molecular weight is 538 g/mol. The van der Waals surface area contributed by atoms with Crippen molar-refractivity contribution in [3.05, 3.63) is 118 Å². The summed E-state index contributed by atoms with van der Waals surface area (Å²) in [6, 6.07) is 22.4. The van der Waals surface area contributed by atoms with E-state index in [-0.39, 0.29) is 25.0 Å². The Hall–Kier alpha value is -4.59. The van der Waals surface area contributed by atoms with Gasteiger partial charge in [0.05, 0.1) is 6.61 Å². The molecule has 2 aliphatic rings. The number of nitrogens with zero attached hydrogens (tertiary/aromatic N) is 4. The minimum atomic E-state index is -1.37. The lowest BCUT2D eigenvalue weighted by molar-refractivity contribution is -0.129. The van der Waals surface area contributed by atoms with Crippen molar-refractivity contribution in [2.75, 3.05) is 13.2 Å². The molecule has 1 heterocycles. The van der Waals surface area contributed by atoms with Crippen molar-refractivity contribution < 1.29 is 19.4 Å². The fourth-order valence-corrected chi connectivity index (χ4v) is 5.33. The SMILES string of the molecule is C=CC[C@@]1(C(=O)NC2Cc3ccccc3C2)N=C(c2ccc(OCCCO)cc2)O[C@@H]1c1ccccc1N=[N+]=[N-]. The molecule has 9 heteroatoms. The Morgan fingerprint density at radius 1 is 1.15 bits per heavy atom. The Morgan fingerprint density at radius 3 is 2.52 bits per heavy atom. The van der Waals surface area contributed by atoms with Crippen LogP contribution in [0.5, 0.6) is 5.75 Å². The third-order valence-corrected chi connectivity index (χ3v) is 7.24. The second-order valence-corrected chi connectivity index (χ2v) is 9.88. The lowest BCUT2D eigenvalue weighted by Crippen LogP contribution is -2.51. The average Bonchev–Trinajstić information content (AvgIpc) is 3.56. The molecule has 0 aromatic heterocycles. The first-order chi connectivity index (χ1) is 19.6. The number of ether oxygens (including phenoxy) is 2. The molecule has 0 fully saturated rings. The highest BCUT2D eigenvalue weighted by atomic mass is 16.5. The van der Waals surface area contributed by atoms with Gasteiger partial charge in [0.15, 0.2) is 11.6 Å². The van der Waals surface area contributed by atoms with Crippen LogP contribution in [0.3, 0.4) is 0 Å². The summed E-state index contributed by atoms with van der Waals surface area (Å²) in [5.41, 5.74) is 11.9. The van der Waals surface area contributed by atoms with Gasteiger partial charge < -0.3 is 19.9 Å². The predicted octanol–water partition coefficient (Wildman–Crippen LogP) is 5.51. The maximum atomic E-state index is 14.2. The van der Waals surface area contributed by atoms with Crippen molar-refractivity contribution in [3.63, 3.8) is 0 Å². The summed E-state index contributed by atoms with van der Waals surface area (Å²) in [6.45, 7) is 4.39. The number of nitrogens with one attached hydrogen (secondary N) is 1. The van der Waals surface area contributed by atoms with Crippen molar-refractivity contribution in [1.29, 1.82) is 0 Å². The van der Waals surface area contributed by atoms with E-state index in [2.05, 4.69) is 34.1 Å². The summed E-state index contributed by atoms with van der Waals surface area (Å²) in [6.07, 6.45) is 3.03. The van der Waals surface area contributed by atoms with Gasteiger partial charge in [-0.2, -0.15) is 0 Å². The van der Waals surface area contributed by atoms with Crippen LogP contribution in [0.15, 0.2) is 95.6 Å². The number of aliphatic imine (C=N–C) groups is 1. The van der Waals surface area contributed by atoms with Crippen molar-refractivity contribution in [2.24, 2.45) is 10.1 Å². The van der Waals surface area contributed by atoms with E-state index in [0.29, 0.717) is 41.5 Å². The number of rotatable bonds is 11. The van der Waals surface area contributed by atoms with Crippen LogP contribution >= 0.6 is 0 Å². The monoisotopic (exact) mass is 537 g/mol. The standard InChI is InChI=1S/C31H31N5O4/c1-2-16-31(30(38)33-24-19-22-8-3-4-9-23(22)20-24)28(26-10-5-6-11-27(26)35-36-32)40-29(34-31)21-12-14-25(15-13-21)39-18-7-17-37/h2-6,8-15,24,28,37H,1,7,16-20H2,(H,33,38)/t28-,31-/m1/s1. The summed E-state index contributed by atoms with van der Waals surface area (Å²) >= 11 is 0. The zero-order chi connectivity index (χ0) is 28.0. The molecule has 2 N–H and O–H groups in total. The largest absolute Gasteiger partial charge is 0.494 e. The third-order valence-electron chi connectivity index (χ3n) is 7.24. The summed E-state index contributed by atoms with van der Waals surface area (Å²) in [5.74, 6) is 0.677. The van der Waals surface area contributed by atoms with Crippen molar-refractivity contribution in [3.8, 4) is 5.75 Å². The van der Waals surface area contributed by atoms with Crippen LogP contribution in [0, 0.1) is 0 Å². The molecule has 1 amide bonds. The van der Waals surface area contributed by atoms with Gasteiger partial charge in [0, 0.05) is 47.2 Å². The van der Waals surface area contributed by atoms with E-state index in [4.69, 9.17) is 19.6 Å². The topological polar surface area (TPSA) is 129 Å². The fraction of sp³-hybridized carbons (Fsp3) is 0.290. The summed E-state index contributed by atoms with van der Waals surface area (Å²) in [4.78, 5) is 22.1. The number of carbonyl (C=O) groups is 1. The molecule has 204 valence electrons. The van der Waals surface area contributed by atoms with Crippen LogP contribution in [0.1, 0.15) is 41.2 Å². The molecule has 3 aromatic rings. The molecule has 2 atom stereocenters. The van der Waals surface area contributed by atoms with Gasteiger partial charge in [-0.1, -0.05) is 59.7 Å². The van der Waals surface area contributed by atoms with E-state index in [0.717, 1.165) is 12.8 Å². The molecule has 9 nitrogen and oxygen atoms in total. The lowest BCUT2D eigenvalue weighted by Gasteiger charge is -2.31. The molecule has 0 bridgehead atoms. The minimum absolute atomic E-state index is 0.0574. The number of benzene rings is 3. The summed E-state index contributed by atoms with van der Waals surface area (Å²) < 4.78 is 12.1. The fourth-order valence-electron chi connectivity index (χ4n) is 5.33. The number of fused-ring (bicyclic) bond motifs is 1. The van der Waals surface area contributed by atoms with Crippen molar-refractivity contribution in [2.45, 2.75) is 43.4 Å². The molecule has 0 unspecified atom stereocenters. The van der Waals surface area contributed by atoms with Gasteiger partial charge in [0.1, 0.15) is 5.75 Å². The van der Waals surface area contributed by atoms with Crippen LogP contribution < -0.4 is 10.1 Å². The highest BCUT2D eigenvalue weighted by molar-refractivity contribution is 6.01. The Kier molecular flexibility index (Phi) is 8.15. The van der Waals surface area contributed by atoms with Crippen LogP contribution in [0.2, 0.25) is 0 Å². The van der Waals surface area contributed by atoms with Gasteiger partial charge in [-0.05, 0) is 53.8 Å². The molecule has 1 aliphatic heterocycles. The number of aliphatic hydroxyl groups excluding tert-OH is 1. The molecule has 5 rings (SSSR count). The minimum Gasteiger partial charge on any atom is -0.494 e. The smallest absolute Gasteiger partial charge is 0.252 e. The molecular weight excluding hydrogens is 506 g/mol. The van der Waals surface area contributed by atoms with Crippen LogP contribution in [0.4, 0.5) is 5.69 Å². The van der Waals surface area contributed by atoms with Crippen LogP contribution in [-0.2, 0) is 22.4 Å². The Labute approximate surface area is 232 Å². The maximum Gasteiger partial charge on any atom is 0.252 e. The van der Waals surface area contributed by atoms with E-state index in [1.165, 1.54) is 11.1 Å². The number of hydrogen-bond donors (Lipinski definition) is 2. The number of carbonyl (C=O) groups excluding carboxylic acids is 1. The third kappa shape index (κ3) is 5.43. The van der Waals surface area contributed by atoms with Crippen molar-refractivity contribution in [1.82, 2.24) is 5.32 Å². The second kappa shape index (κ2) is 12.1. The molecular formula is C31H31N5O4. The van der Waals surface area contributed by atoms with Gasteiger partial charge in [0.25, 0.3) is 5.91 Å². The van der Waals surface area contributed by atoms with Gasteiger partial charge >= 0.3 is 0 Å². The zero-order valence-corrected chi connectivity index (χ0v) is 22.1. The van der Waals surface area contributed by atoms with E-state index in [1.54, 1.807) is 36.4 Å². The first-order valence-electron chi connectivity index (χ1n) is 13.3. The Balaban J connectivity index is 1.51.